The molecule has 1 heterocycles. The van der Waals surface area contributed by atoms with Gasteiger partial charge in [0.1, 0.15) is 11.9 Å². The molecule has 0 saturated carbocycles. The second-order valence-corrected chi connectivity index (χ2v) is 6.40. The first-order chi connectivity index (χ1) is 10.0. The Morgan fingerprint density at radius 2 is 1.82 bits per heavy atom. The number of hydrogen-bond acceptors (Lipinski definition) is 4. The maximum Gasteiger partial charge on any atom is 0.506 e. The number of carbonyl (C=O) groups is 1. The molecule has 1 aliphatic heterocycles. The Bertz CT molecular complexity index is 571. The van der Waals surface area contributed by atoms with Crippen molar-refractivity contribution in [3.05, 3.63) is 29.6 Å². The van der Waals surface area contributed by atoms with E-state index in [1.807, 2.05) is 27.7 Å². The highest BCUT2D eigenvalue weighted by Gasteiger charge is 2.51. The Balaban J connectivity index is 2.22. The highest BCUT2D eigenvalue weighted by molar-refractivity contribution is 6.62. The summed E-state index contributed by atoms with van der Waals surface area (Å²) in [4.78, 5) is 10.5. The van der Waals surface area contributed by atoms with Gasteiger partial charge in [-0.25, -0.2) is 9.18 Å². The van der Waals surface area contributed by atoms with Crippen LogP contribution in [0.3, 0.4) is 0 Å². The average molecular weight is 310 g/mol. The van der Waals surface area contributed by atoms with Crippen LogP contribution in [-0.4, -0.2) is 29.6 Å². The number of ether oxygens (including phenoxy) is 1. The van der Waals surface area contributed by atoms with Gasteiger partial charge >= 0.3 is 13.3 Å². The second-order valence-electron chi connectivity index (χ2n) is 6.40. The summed E-state index contributed by atoms with van der Waals surface area (Å²) in [6.45, 7) is 9.14. The molecule has 1 aromatic carbocycles. The van der Waals surface area contributed by atoms with Gasteiger partial charge in [-0.1, -0.05) is 12.1 Å². The largest absolute Gasteiger partial charge is 0.506 e. The van der Waals surface area contributed by atoms with Gasteiger partial charge in [-0.2, -0.15) is 0 Å². The van der Waals surface area contributed by atoms with Gasteiger partial charge < -0.3 is 19.2 Å². The third kappa shape index (κ3) is 3.10. The van der Waals surface area contributed by atoms with E-state index in [-0.39, 0.29) is 5.56 Å². The van der Waals surface area contributed by atoms with Gasteiger partial charge in [-0.15, -0.1) is 0 Å². The van der Waals surface area contributed by atoms with Crippen LogP contribution < -0.4 is 5.46 Å². The van der Waals surface area contributed by atoms with Crippen LogP contribution in [0.1, 0.15) is 46.3 Å². The van der Waals surface area contributed by atoms with E-state index in [9.17, 15) is 9.18 Å². The van der Waals surface area contributed by atoms with Crippen LogP contribution in [0, 0.1) is 5.82 Å². The fourth-order valence-electron chi connectivity index (χ4n) is 2.21. The average Bonchev–Trinajstić information content (AvgIpc) is 2.57. The number of carboxylic acid groups (broad SMARTS) is 1. The monoisotopic (exact) mass is 310 g/mol. The molecule has 0 radical (unpaired) electrons. The zero-order valence-electron chi connectivity index (χ0n) is 13.3. The topological polar surface area (TPSA) is 65.0 Å². The summed E-state index contributed by atoms with van der Waals surface area (Å²) < 4.78 is 30.5. The minimum Gasteiger partial charge on any atom is -0.450 e. The molecule has 1 aromatic rings. The van der Waals surface area contributed by atoms with Crippen molar-refractivity contribution >= 4 is 18.7 Å². The van der Waals surface area contributed by atoms with Gasteiger partial charge in [0.15, 0.2) is 0 Å². The van der Waals surface area contributed by atoms with E-state index >= 15 is 0 Å². The predicted molar refractivity (Wildman–Crippen MR) is 79.6 cm³/mol. The maximum atomic E-state index is 14.2. The third-order valence-electron chi connectivity index (χ3n) is 4.27. The Kier molecular flexibility index (Phi) is 4.23. The Hall–Kier alpha value is -1.60. The third-order valence-corrected chi connectivity index (χ3v) is 4.27. The summed E-state index contributed by atoms with van der Waals surface area (Å²) in [6.07, 6.45) is -2.33. The van der Waals surface area contributed by atoms with E-state index in [1.165, 1.54) is 19.1 Å². The van der Waals surface area contributed by atoms with Crippen molar-refractivity contribution in [3.63, 3.8) is 0 Å². The molecule has 7 heteroatoms. The Morgan fingerprint density at radius 3 is 2.27 bits per heavy atom. The quantitative estimate of drug-likeness (QED) is 0.687. The van der Waals surface area contributed by atoms with Gasteiger partial charge in [0, 0.05) is 5.56 Å². The summed E-state index contributed by atoms with van der Waals surface area (Å²) in [6, 6.07) is 4.44. The van der Waals surface area contributed by atoms with E-state index in [4.69, 9.17) is 14.4 Å². The van der Waals surface area contributed by atoms with Gasteiger partial charge in [-0.05, 0) is 46.1 Å². The van der Waals surface area contributed by atoms with Gasteiger partial charge in [0.2, 0.25) is 0 Å². The molecule has 1 atom stereocenters. The van der Waals surface area contributed by atoms with E-state index in [2.05, 4.69) is 4.74 Å². The fraction of sp³-hybridized carbons (Fsp3) is 0.533. The van der Waals surface area contributed by atoms with Crippen molar-refractivity contribution in [1.82, 2.24) is 0 Å². The first-order valence-corrected chi connectivity index (χ1v) is 7.08. The second kappa shape index (κ2) is 5.55. The zero-order chi connectivity index (χ0) is 16.7. The lowest BCUT2D eigenvalue weighted by Crippen LogP contribution is -2.41. The van der Waals surface area contributed by atoms with Crippen LogP contribution in [0.15, 0.2) is 18.2 Å². The fourth-order valence-corrected chi connectivity index (χ4v) is 2.21. The summed E-state index contributed by atoms with van der Waals surface area (Å²) in [5.74, 6) is -0.555. The summed E-state index contributed by atoms with van der Waals surface area (Å²) >= 11 is 0. The molecule has 1 N–H and O–H groups in total. The van der Waals surface area contributed by atoms with Crippen LogP contribution in [0.4, 0.5) is 9.18 Å². The Morgan fingerprint density at radius 1 is 1.27 bits per heavy atom. The van der Waals surface area contributed by atoms with Crippen molar-refractivity contribution in [2.45, 2.75) is 51.9 Å². The first-order valence-electron chi connectivity index (χ1n) is 7.08. The van der Waals surface area contributed by atoms with Gasteiger partial charge in [-0.3, -0.25) is 0 Å². The molecular weight excluding hydrogens is 290 g/mol. The van der Waals surface area contributed by atoms with Crippen molar-refractivity contribution in [2.75, 3.05) is 0 Å². The number of halogens is 1. The first kappa shape index (κ1) is 16.8. The van der Waals surface area contributed by atoms with E-state index < -0.39 is 36.4 Å². The van der Waals surface area contributed by atoms with Gasteiger partial charge in [0.05, 0.1) is 11.2 Å². The van der Waals surface area contributed by atoms with Crippen LogP contribution in [0.5, 0.6) is 0 Å². The van der Waals surface area contributed by atoms with Crippen LogP contribution in [0.25, 0.3) is 0 Å². The number of benzene rings is 1. The molecule has 0 amide bonds. The van der Waals surface area contributed by atoms with E-state index in [0.29, 0.717) is 5.46 Å². The lowest BCUT2D eigenvalue weighted by atomic mass is 9.78. The molecule has 2 rings (SSSR count). The molecule has 1 saturated heterocycles. The molecule has 22 heavy (non-hydrogen) atoms. The minimum absolute atomic E-state index is 0.169. The SMILES string of the molecule is CC(OC(=O)O)c1ccc(B2OC(C)(C)C(C)(C)O2)cc1F. The molecule has 0 aliphatic carbocycles. The molecule has 0 aromatic heterocycles. The lowest BCUT2D eigenvalue weighted by Gasteiger charge is -2.32. The van der Waals surface area contributed by atoms with Crippen LogP contribution in [-0.2, 0) is 14.0 Å². The summed E-state index contributed by atoms with van der Waals surface area (Å²) in [5.41, 5.74) is -0.302. The van der Waals surface area contributed by atoms with Crippen molar-refractivity contribution in [1.29, 1.82) is 0 Å². The van der Waals surface area contributed by atoms with Crippen LogP contribution in [0.2, 0.25) is 0 Å². The normalized spacial score (nSPS) is 20.7. The highest BCUT2D eigenvalue weighted by Crippen LogP contribution is 2.36. The minimum atomic E-state index is -1.44. The zero-order valence-corrected chi connectivity index (χ0v) is 13.3. The Labute approximate surface area is 129 Å². The molecule has 0 spiro atoms. The van der Waals surface area contributed by atoms with Crippen molar-refractivity contribution < 1.29 is 28.3 Å². The van der Waals surface area contributed by atoms with Gasteiger partial charge in [0.25, 0.3) is 0 Å². The predicted octanol–water partition coefficient (Wildman–Crippen LogP) is 2.88. The van der Waals surface area contributed by atoms with E-state index in [0.717, 1.165) is 0 Å². The molecule has 5 nitrogen and oxygen atoms in total. The molecular formula is C15H20BFO5. The standard InChI is InChI=1S/C15H20BFO5/c1-9(20-13(18)19)11-7-6-10(8-12(11)17)16-21-14(2,3)15(4,5)22-16/h6-9H,1-5H3,(H,18,19). The van der Waals surface area contributed by atoms with E-state index in [1.54, 1.807) is 6.07 Å². The smallest absolute Gasteiger partial charge is 0.450 e. The molecule has 1 unspecified atom stereocenters. The summed E-state index contributed by atoms with van der Waals surface area (Å²) in [5, 5.41) is 8.59. The molecule has 1 aliphatic rings. The lowest BCUT2D eigenvalue weighted by molar-refractivity contribution is 0.00578. The number of hydrogen-bond donors (Lipinski definition) is 1. The molecule has 1 fully saturated rings. The maximum absolute atomic E-state index is 14.2. The van der Waals surface area contributed by atoms with Crippen molar-refractivity contribution in [3.8, 4) is 0 Å². The van der Waals surface area contributed by atoms with Crippen LogP contribution >= 0.6 is 0 Å². The summed E-state index contributed by atoms with van der Waals surface area (Å²) in [7, 11) is -0.663. The molecule has 120 valence electrons. The number of rotatable bonds is 3. The highest BCUT2D eigenvalue weighted by atomic mass is 19.1. The molecule has 0 bridgehead atoms. The van der Waals surface area contributed by atoms with Crippen molar-refractivity contribution in [2.24, 2.45) is 0 Å².